The van der Waals surface area contributed by atoms with Crippen molar-refractivity contribution in [1.29, 1.82) is 0 Å². The molecule has 0 spiro atoms. The van der Waals surface area contributed by atoms with Gasteiger partial charge in [0.1, 0.15) is 0 Å². The molecule has 0 aliphatic rings. The van der Waals surface area contributed by atoms with Crippen molar-refractivity contribution < 1.29 is 0 Å². The van der Waals surface area contributed by atoms with Gasteiger partial charge in [-0.1, -0.05) is 18.2 Å². The van der Waals surface area contributed by atoms with E-state index in [9.17, 15) is 0 Å². The van der Waals surface area contributed by atoms with Crippen molar-refractivity contribution in [1.82, 2.24) is 0 Å². The van der Waals surface area contributed by atoms with E-state index in [0.717, 1.165) is 13.1 Å². The van der Waals surface area contributed by atoms with Gasteiger partial charge in [0, 0.05) is 18.8 Å². The maximum atomic E-state index is 5.30. The number of nitrogens with zero attached hydrogens (tertiary/aromatic N) is 2. The maximum Gasteiger partial charge on any atom is 0.185 e. The fourth-order valence-electron chi connectivity index (χ4n) is 1.67. The van der Waals surface area contributed by atoms with Gasteiger partial charge in [-0.3, -0.25) is 4.99 Å². The predicted octanol–water partition coefficient (Wildman–Crippen LogP) is 1.71. The van der Waals surface area contributed by atoms with Crippen molar-refractivity contribution in [2.24, 2.45) is 16.5 Å². The molecule has 0 atom stereocenters. The molecule has 1 aromatic rings. The van der Waals surface area contributed by atoms with Gasteiger partial charge in [-0.25, -0.2) is 0 Å². The zero-order chi connectivity index (χ0) is 12.0. The number of likely N-dealkylation sites (N-methyl/N-ethyl adjacent to an activating group) is 1. The van der Waals surface area contributed by atoms with E-state index in [2.05, 4.69) is 35.9 Å². The Hall–Kier alpha value is -0.980. The molecule has 1 aromatic carbocycles. The normalized spacial score (nSPS) is 9.29. The second-order valence-electron chi connectivity index (χ2n) is 3.67. The van der Waals surface area contributed by atoms with Crippen LogP contribution < -0.4 is 16.4 Å². The molecule has 1 rings (SSSR count). The molecule has 0 aliphatic carbocycles. The number of hydrogen-bond donors (Lipinski definition) is 2. The first-order valence-electron chi connectivity index (χ1n) is 5.51. The molecule has 0 saturated heterocycles. The molecule has 96 valence electrons. The number of rotatable bonds is 5. The number of benzene rings is 1. The van der Waals surface area contributed by atoms with Gasteiger partial charge in [0.15, 0.2) is 5.96 Å². The summed E-state index contributed by atoms with van der Waals surface area (Å²) < 4.78 is 0. The fourth-order valence-corrected chi connectivity index (χ4v) is 1.67. The molecular formula is C12H21IN4. The summed E-state index contributed by atoms with van der Waals surface area (Å²) in [5, 5.41) is 0. The minimum absolute atomic E-state index is 0. The van der Waals surface area contributed by atoms with Crippen LogP contribution in [0.2, 0.25) is 0 Å². The predicted molar refractivity (Wildman–Crippen MR) is 85.2 cm³/mol. The number of halogens is 1. The minimum Gasteiger partial charge on any atom is -0.370 e. The topological polar surface area (TPSA) is 67.6 Å². The van der Waals surface area contributed by atoms with E-state index in [1.54, 1.807) is 0 Å². The van der Waals surface area contributed by atoms with Crippen LogP contribution in [0.1, 0.15) is 12.5 Å². The highest BCUT2D eigenvalue weighted by atomic mass is 127. The summed E-state index contributed by atoms with van der Waals surface area (Å²) in [5.74, 6) is 0.154. The van der Waals surface area contributed by atoms with E-state index >= 15 is 0 Å². The zero-order valence-electron chi connectivity index (χ0n) is 10.4. The lowest BCUT2D eigenvalue weighted by atomic mass is 10.2. The molecule has 0 fully saturated rings. The van der Waals surface area contributed by atoms with Gasteiger partial charge in [-0.2, -0.15) is 0 Å². The van der Waals surface area contributed by atoms with Crippen molar-refractivity contribution in [2.45, 2.75) is 13.8 Å². The van der Waals surface area contributed by atoms with E-state index < -0.39 is 0 Å². The van der Waals surface area contributed by atoms with E-state index in [0.29, 0.717) is 6.54 Å². The quantitative estimate of drug-likeness (QED) is 0.484. The van der Waals surface area contributed by atoms with Gasteiger partial charge in [-0.05, 0) is 25.5 Å². The maximum absolute atomic E-state index is 5.30. The Bertz CT molecular complexity index is 361. The molecule has 0 heterocycles. The molecule has 0 unspecified atom stereocenters. The van der Waals surface area contributed by atoms with E-state index in [-0.39, 0.29) is 29.9 Å². The molecule has 5 heteroatoms. The monoisotopic (exact) mass is 348 g/mol. The Balaban J connectivity index is 0.00000256. The molecule has 0 saturated carbocycles. The third-order valence-electron chi connectivity index (χ3n) is 2.50. The van der Waals surface area contributed by atoms with E-state index in [4.69, 9.17) is 11.5 Å². The molecule has 4 N–H and O–H groups in total. The van der Waals surface area contributed by atoms with Gasteiger partial charge in [0.25, 0.3) is 0 Å². The van der Waals surface area contributed by atoms with Crippen molar-refractivity contribution >= 4 is 35.6 Å². The van der Waals surface area contributed by atoms with Crippen molar-refractivity contribution in [3.63, 3.8) is 0 Å². The Morgan fingerprint density at radius 2 is 1.94 bits per heavy atom. The fraction of sp³-hybridized carbons (Fsp3) is 0.417. The van der Waals surface area contributed by atoms with Gasteiger partial charge in [0.2, 0.25) is 0 Å². The number of nitrogens with two attached hydrogens (primary N) is 2. The van der Waals surface area contributed by atoms with Crippen LogP contribution in [-0.2, 0) is 0 Å². The average molecular weight is 348 g/mol. The van der Waals surface area contributed by atoms with Crippen LogP contribution >= 0.6 is 24.0 Å². The number of para-hydroxylation sites is 1. The van der Waals surface area contributed by atoms with Crippen molar-refractivity contribution in [3.05, 3.63) is 29.8 Å². The SMILES string of the molecule is CCN(CCN=C(N)N)c1ccccc1C.I. The second-order valence-corrected chi connectivity index (χ2v) is 3.67. The summed E-state index contributed by atoms with van der Waals surface area (Å²) in [5.41, 5.74) is 13.1. The Labute approximate surface area is 120 Å². The highest BCUT2D eigenvalue weighted by Crippen LogP contribution is 2.18. The van der Waals surface area contributed by atoms with Crippen LogP contribution in [0.5, 0.6) is 0 Å². The van der Waals surface area contributed by atoms with Crippen molar-refractivity contribution in [2.75, 3.05) is 24.5 Å². The molecule has 0 amide bonds. The van der Waals surface area contributed by atoms with Crippen LogP contribution in [-0.4, -0.2) is 25.6 Å². The number of guanidine groups is 1. The summed E-state index contributed by atoms with van der Waals surface area (Å²) in [7, 11) is 0. The molecule has 4 nitrogen and oxygen atoms in total. The highest BCUT2D eigenvalue weighted by molar-refractivity contribution is 14.0. The second kappa shape index (κ2) is 8.16. The number of hydrogen-bond acceptors (Lipinski definition) is 2. The zero-order valence-corrected chi connectivity index (χ0v) is 12.7. The highest BCUT2D eigenvalue weighted by Gasteiger charge is 2.05. The smallest absolute Gasteiger partial charge is 0.185 e. The van der Waals surface area contributed by atoms with Crippen LogP contribution in [0.25, 0.3) is 0 Å². The number of aryl methyl sites for hydroxylation is 1. The molecule has 0 bridgehead atoms. The van der Waals surface area contributed by atoms with Crippen LogP contribution in [0, 0.1) is 6.92 Å². The third kappa shape index (κ3) is 5.25. The summed E-state index contributed by atoms with van der Waals surface area (Å²) in [6.07, 6.45) is 0. The Morgan fingerprint density at radius 1 is 1.29 bits per heavy atom. The van der Waals surface area contributed by atoms with E-state index in [1.807, 2.05) is 12.1 Å². The largest absolute Gasteiger partial charge is 0.370 e. The van der Waals surface area contributed by atoms with Crippen LogP contribution in [0.15, 0.2) is 29.3 Å². The average Bonchev–Trinajstić information content (AvgIpc) is 2.25. The van der Waals surface area contributed by atoms with Crippen molar-refractivity contribution in [3.8, 4) is 0 Å². The lowest BCUT2D eigenvalue weighted by Crippen LogP contribution is -2.29. The first kappa shape index (κ1) is 16.0. The molecular weight excluding hydrogens is 327 g/mol. The first-order valence-corrected chi connectivity index (χ1v) is 5.51. The summed E-state index contributed by atoms with van der Waals surface area (Å²) in [6, 6.07) is 8.32. The molecule has 0 aromatic heterocycles. The number of anilines is 1. The van der Waals surface area contributed by atoms with Gasteiger partial charge < -0.3 is 16.4 Å². The minimum atomic E-state index is 0. The lowest BCUT2D eigenvalue weighted by molar-refractivity contribution is 0.813. The first-order chi connectivity index (χ1) is 7.65. The van der Waals surface area contributed by atoms with Gasteiger partial charge >= 0.3 is 0 Å². The van der Waals surface area contributed by atoms with Crippen LogP contribution in [0.3, 0.4) is 0 Å². The standard InChI is InChI=1S/C12H20N4.HI/c1-3-16(9-8-15-12(13)14)11-7-5-4-6-10(11)2;/h4-7H,3,8-9H2,1-2H3,(H4,13,14,15);1H. The molecule has 17 heavy (non-hydrogen) atoms. The Morgan fingerprint density at radius 3 is 2.47 bits per heavy atom. The lowest BCUT2D eigenvalue weighted by Gasteiger charge is -2.24. The third-order valence-corrected chi connectivity index (χ3v) is 2.50. The Kier molecular flexibility index (Phi) is 7.69. The van der Waals surface area contributed by atoms with Gasteiger partial charge in [0.05, 0.1) is 6.54 Å². The summed E-state index contributed by atoms with van der Waals surface area (Å²) in [4.78, 5) is 6.26. The van der Waals surface area contributed by atoms with Crippen LogP contribution in [0.4, 0.5) is 5.69 Å². The molecule has 0 aliphatic heterocycles. The number of aliphatic imine (C=N–C) groups is 1. The van der Waals surface area contributed by atoms with E-state index in [1.165, 1.54) is 11.3 Å². The summed E-state index contributed by atoms with van der Waals surface area (Å²) >= 11 is 0. The summed E-state index contributed by atoms with van der Waals surface area (Å²) in [6.45, 7) is 6.65. The van der Waals surface area contributed by atoms with Gasteiger partial charge in [-0.15, -0.1) is 24.0 Å². The molecule has 0 radical (unpaired) electrons.